The van der Waals surface area contributed by atoms with E-state index in [1.165, 1.54) is 86.2 Å². The Kier molecular flexibility index (Phi) is 5.80. The summed E-state index contributed by atoms with van der Waals surface area (Å²) in [5, 5.41) is 1.49. The Bertz CT molecular complexity index is 749. The molecular weight excluding hydrogens is 331 g/mol. The first kappa shape index (κ1) is 18.2. The lowest BCUT2D eigenvalue weighted by Crippen LogP contribution is -2.19. The van der Waals surface area contributed by atoms with E-state index in [2.05, 4.69) is 52.6 Å². The summed E-state index contributed by atoms with van der Waals surface area (Å²) in [5.41, 5.74) is 7.63. The second-order valence-electron chi connectivity index (χ2n) is 8.51. The third-order valence-corrected chi connectivity index (χ3v) is 7.44. The predicted molar refractivity (Wildman–Crippen MR) is 118 cm³/mol. The fourth-order valence-electron chi connectivity index (χ4n) is 5.38. The predicted octanol–water partition coefficient (Wildman–Crippen LogP) is 7.26. The van der Waals surface area contributed by atoms with E-state index in [9.17, 15) is 0 Å². The van der Waals surface area contributed by atoms with Gasteiger partial charge >= 0.3 is 0 Å². The van der Waals surface area contributed by atoms with E-state index in [1.54, 1.807) is 11.1 Å². The summed E-state index contributed by atoms with van der Waals surface area (Å²) in [7, 11) is 3.17. The number of hydrogen-bond donors (Lipinski definition) is 0. The summed E-state index contributed by atoms with van der Waals surface area (Å²) in [5.74, 6) is 1.57. The number of rotatable bonds is 3. The van der Waals surface area contributed by atoms with Crippen LogP contribution in [0.25, 0.3) is 11.1 Å². The molecule has 0 radical (unpaired) electrons. The Labute approximate surface area is 162 Å². The molecule has 0 saturated heterocycles. The van der Waals surface area contributed by atoms with Crippen molar-refractivity contribution in [2.24, 2.45) is 0 Å². The normalized spacial score (nSPS) is 19.6. The average molecular weight is 365 g/mol. The molecule has 2 saturated carbocycles. The fourth-order valence-corrected chi connectivity index (χ4v) is 6.03. The minimum absolute atomic E-state index is 0.775. The van der Waals surface area contributed by atoms with E-state index in [4.69, 9.17) is 0 Å². The Morgan fingerprint density at radius 1 is 0.692 bits per heavy atom. The van der Waals surface area contributed by atoms with Gasteiger partial charge in [-0.15, -0.1) is 9.24 Å². The maximum absolute atomic E-state index is 3.17. The molecule has 2 aliphatic carbocycles. The molecule has 0 amide bonds. The molecule has 0 aromatic heterocycles. The van der Waals surface area contributed by atoms with E-state index in [1.807, 2.05) is 0 Å². The van der Waals surface area contributed by atoms with Gasteiger partial charge in [0.2, 0.25) is 0 Å². The molecule has 2 aliphatic rings. The molecule has 0 N–H and O–H groups in total. The first-order valence-corrected chi connectivity index (χ1v) is 11.3. The Morgan fingerprint density at radius 2 is 1.31 bits per heavy atom. The monoisotopic (exact) mass is 364 g/mol. The maximum atomic E-state index is 3.17. The van der Waals surface area contributed by atoms with Gasteiger partial charge in [-0.25, -0.2) is 0 Å². The molecule has 26 heavy (non-hydrogen) atoms. The van der Waals surface area contributed by atoms with Crippen molar-refractivity contribution in [1.82, 2.24) is 0 Å². The number of aryl methyl sites for hydroxylation is 1. The van der Waals surface area contributed by atoms with Crippen molar-refractivity contribution in [2.75, 3.05) is 0 Å². The minimum atomic E-state index is 0.775. The van der Waals surface area contributed by atoms with Gasteiger partial charge in [0.15, 0.2) is 0 Å². The number of benzene rings is 2. The lowest BCUT2D eigenvalue weighted by atomic mass is 9.75. The highest BCUT2D eigenvalue weighted by molar-refractivity contribution is 7.28. The van der Waals surface area contributed by atoms with Gasteiger partial charge in [-0.05, 0) is 77.6 Å². The SMILES string of the molecule is Cc1ccccc1-c1ccc(C2CCCCC2)c(C2CCCCC2)c1P. The molecule has 2 fully saturated rings. The second-order valence-corrected chi connectivity index (χ2v) is 9.09. The van der Waals surface area contributed by atoms with Gasteiger partial charge < -0.3 is 0 Å². The average Bonchev–Trinajstić information content (AvgIpc) is 2.70. The van der Waals surface area contributed by atoms with Crippen LogP contribution >= 0.6 is 9.24 Å². The molecule has 1 heteroatoms. The van der Waals surface area contributed by atoms with Crippen molar-refractivity contribution in [1.29, 1.82) is 0 Å². The van der Waals surface area contributed by atoms with Gasteiger partial charge in [0.25, 0.3) is 0 Å². The van der Waals surface area contributed by atoms with Crippen molar-refractivity contribution in [3.8, 4) is 11.1 Å². The zero-order valence-electron chi connectivity index (χ0n) is 16.3. The molecule has 4 rings (SSSR count). The maximum Gasteiger partial charge on any atom is -0.0107 e. The summed E-state index contributed by atoms with van der Waals surface area (Å²) < 4.78 is 0. The standard InChI is InChI=1S/C25H33P/c1-18-10-8-9-15-21(18)23-17-16-22(19-11-4-2-5-12-19)24(25(23)26)20-13-6-3-7-14-20/h8-10,15-17,19-20H,2-7,11-14,26H2,1H3. The van der Waals surface area contributed by atoms with Gasteiger partial charge in [-0.2, -0.15) is 0 Å². The highest BCUT2D eigenvalue weighted by Gasteiger charge is 2.26. The Morgan fingerprint density at radius 3 is 1.96 bits per heavy atom. The second kappa shape index (κ2) is 8.26. The summed E-state index contributed by atoms with van der Waals surface area (Å²) in [6.45, 7) is 2.24. The van der Waals surface area contributed by atoms with Gasteiger partial charge in [0.1, 0.15) is 0 Å². The van der Waals surface area contributed by atoms with Crippen molar-refractivity contribution in [3.05, 3.63) is 53.1 Å². The van der Waals surface area contributed by atoms with Crippen LogP contribution in [0, 0.1) is 6.92 Å². The molecule has 1 unspecified atom stereocenters. The summed E-state index contributed by atoms with van der Waals surface area (Å²) in [6, 6.07) is 13.8. The van der Waals surface area contributed by atoms with E-state index < -0.39 is 0 Å². The molecule has 0 bridgehead atoms. The van der Waals surface area contributed by atoms with Crippen molar-refractivity contribution >= 4 is 14.5 Å². The topological polar surface area (TPSA) is 0 Å². The van der Waals surface area contributed by atoms with Crippen LogP contribution in [0.4, 0.5) is 0 Å². The zero-order chi connectivity index (χ0) is 17.9. The van der Waals surface area contributed by atoms with Crippen LogP contribution in [0.5, 0.6) is 0 Å². The smallest absolute Gasteiger partial charge is 0.0107 e. The molecule has 0 aliphatic heterocycles. The van der Waals surface area contributed by atoms with Crippen LogP contribution in [0.2, 0.25) is 0 Å². The molecule has 138 valence electrons. The van der Waals surface area contributed by atoms with E-state index in [0.717, 1.165) is 11.8 Å². The number of hydrogen-bond acceptors (Lipinski definition) is 0. The quantitative estimate of drug-likeness (QED) is 0.503. The van der Waals surface area contributed by atoms with Crippen LogP contribution in [-0.2, 0) is 0 Å². The minimum Gasteiger partial charge on any atom is -0.105 e. The van der Waals surface area contributed by atoms with Crippen LogP contribution in [0.3, 0.4) is 0 Å². The zero-order valence-corrected chi connectivity index (χ0v) is 17.4. The fraction of sp³-hybridized carbons (Fsp3) is 0.520. The van der Waals surface area contributed by atoms with Crippen LogP contribution in [0.1, 0.15) is 92.7 Å². The summed E-state index contributed by atoms with van der Waals surface area (Å²) in [6.07, 6.45) is 14.1. The van der Waals surface area contributed by atoms with E-state index in [-0.39, 0.29) is 0 Å². The molecule has 1 atom stereocenters. The van der Waals surface area contributed by atoms with Crippen molar-refractivity contribution < 1.29 is 0 Å². The largest absolute Gasteiger partial charge is 0.105 e. The highest BCUT2D eigenvalue weighted by atomic mass is 31.0. The molecular formula is C25H33P. The Hall–Kier alpha value is -1.13. The molecule has 0 spiro atoms. The molecule has 0 nitrogen and oxygen atoms in total. The lowest BCUT2D eigenvalue weighted by molar-refractivity contribution is 0.420. The Balaban J connectivity index is 1.82. The summed E-state index contributed by atoms with van der Waals surface area (Å²) >= 11 is 0. The van der Waals surface area contributed by atoms with Crippen LogP contribution in [-0.4, -0.2) is 0 Å². The third-order valence-electron chi connectivity index (χ3n) is 6.81. The summed E-state index contributed by atoms with van der Waals surface area (Å²) in [4.78, 5) is 0. The van der Waals surface area contributed by atoms with Gasteiger partial charge in [0, 0.05) is 0 Å². The van der Waals surface area contributed by atoms with Crippen molar-refractivity contribution in [2.45, 2.75) is 83.0 Å². The van der Waals surface area contributed by atoms with Gasteiger partial charge in [0.05, 0.1) is 0 Å². The van der Waals surface area contributed by atoms with Crippen molar-refractivity contribution in [3.63, 3.8) is 0 Å². The molecule has 0 heterocycles. The van der Waals surface area contributed by atoms with E-state index in [0.29, 0.717) is 0 Å². The van der Waals surface area contributed by atoms with Gasteiger partial charge in [-0.3, -0.25) is 0 Å². The van der Waals surface area contributed by atoms with Crippen LogP contribution in [0.15, 0.2) is 36.4 Å². The molecule has 2 aromatic carbocycles. The lowest BCUT2D eigenvalue weighted by Gasteiger charge is -2.32. The highest BCUT2D eigenvalue weighted by Crippen LogP contribution is 2.42. The third kappa shape index (κ3) is 3.63. The van der Waals surface area contributed by atoms with E-state index >= 15 is 0 Å². The van der Waals surface area contributed by atoms with Crippen LogP contribution < -0.4 is 5.30 Å². The first-order chi connectivity index (χ1) is 12.8. The molecule has 2 aromatic rings. The first-order valence-electron chi connectivity index (χ1n) is 10.7. The van der Waals surface area contributed by atoms with Gasteiger partial charge in [-0.1, -0.05) is 74.9 Å².